The van der Waals surface area contributed by atoms with Gasteiger partial charge in [0.1, 0.15) is 11.6 Å². The summed E-state index contributed by atoms with van der Waals surface area (Å²) >= 11 is 0. The molecule has 1 aliphatic rings. The monoisotopic (exact) mass is 196 g/mol. The molecule has 14 heavy (non-hydrogen) atoms. The quantitative estimate of drug-likeness (QED) is 0.648. The normalized spacial score (nSPS) is 20.4. The Balaban J connectivity index is 2.53. The van der Waals surface area contributed by atoms with Gasteiger partial charge in [0.2, 0.25) is 0 Å². The van der Waals surface area contributed by atoms with E-state index in [0.717, 1.165) is 25.7 Å². The standard InChI is InChI=1S/C12H20O2/c1-3-10(13)9-11(14)12(2)7-5-4-6-8-12/h3-9H2,1-2H3. The van der Waals surface area contributed by atoms with Crippen molar-refractivity contribution < 1.29 is 9.59 Å². The van der Waals surface area contributed by atoms with Crippen molar-refractivity contribution in [1.29, 1.82) is 0 Å². The highest BCUT2D eigenvalue weighted by Gasteiger charge is 2.34. The molecule has 0 amide bonds. The molecule has 80 valence electrons. The highest BCUT2D eigenvalue weighted by atomic mass is 16.1. The Morgan fingerprint density at radius 1 is 1.14 bits per heavy atom. The maximum Gasteiger partial charge on any atom is 0.146 e. The average Bonchev–Trinajstić information content (AvgIpc) is 2.18. The van der Waals surface area contributed by atoms with E-state index in [1.807, 2.05) is 13.8 Å². The molecule has 2 heteroatoms. The number of carbonyl (C=O) groups excluding carboxylic acids is 2. The predicted molar refractivity (Wildman–Crippen MR) is 56.1 cm³/mol. The molecule has 1 saturated carbocycles. The molecule has 0 aliphatic heterocycles. The lowest BCUT2D eigenvalue weighted by molar-refractivity contribution is -0.134. The van der Waals surface area contributed by atoms with E-state index in [9.17, 15) is 9.59 Å². The SMILES string of the molecule is CCC(=O)CC(=O)C1(C)CCCCC1. The van der Waals surface area contributed by atoms with Crippen LogP contribution in [-0.2, 0) is 9.59 Å². The first-order valence-electron chi connectivity index (χ1n) is 5.63. The summed E-state index contributed by atoms with van der Waals surface area (Å²) in [6.07, 6.45) is 6.12. The van der Waals surface area contributed by atoms with Gasteiger partial charge in [-0.1, -0.05) is 33.1 Å². The third-order valence-electron chi connectivity index (χ3n) is 3.38. The Morgan fingerprint density at radius 3 is 2.21 bits per heavy atom. The van der Waals surface area contributed by atoms with Gasteiger partial charge in [0, 0.05) is 11.8 Å². The summed E-state index contributed by atoms with van der Waals surface area (Å²) in [6.45, 7) is 3.84. The van der Waals surface area contributed by atoms with Crippen LogP contribution in [0.5, 0.6) is 0 Å². The number of hydrogen-bond acceptors (Lipinski definition) is 2. The zero-order valence-corrected chi connectivity index (χ0v) is 9.27. The molecule has 0 spiro atoms. The van der Waals surface area contributed by atoms with E-state index in [1.54, 1.807) is 0 Å². The first-order chi connectivity index (χ1) is 6.58. The minimum atomic E-state index is -0.191. The van der Waals surface area contributed by atoms with Gasteiger partial charge in [-0.2, -0.15) is 0 Å². The maximum absolute atomic E-state index is 11.9. The predicted octanol–water partition coefficient (Wildman–Crippen LogP) is 2.90. The molecule has 0 atom stereocenters. The second kappa shape index (κ2) is 4.72. The molecule has 0 saturated heterocycles. The minimum Gasteiger partial charge on any atom is -0.299 e. The molecule has 0 radical (unpaired) electrons. The van der Waals surface area contributed by atoms with Crippen LogP contribution in [0.1, 0.15) is 58.8 Å². The molecule has 1 fully saturated rings. The van der Waals surface area contributed by atoms with Crippen LogP contribution in [0.2, 0.25) is 0 Å². The zero-order valence-electron chi connectivity index (χ0n) is 9.27. The van der Waals surface area contributed by atoms with Crippen molar-refractivity contribution in [2.75, 3.05) is 0 Å². The second-order valence-corrected chi connectivity index (χ2v) is 4.61. The fraction of sp³-hybridized carbons (Fsp3) is 0.833. The van der Waals surface area contributed by atoms with Crippen LogP contribution in [0.25, 0.3) is 0 Å². The van der Waals surface area contributed by atoms with Crippen LogP contribution >= 0.6 is 0 Å². The largest absolute Gasteiger partial charge is 0.299 e. The van der Waals surface area contributed by atoms with Gasteiger partial charge >= 0.3 is 0 Å². The van der Waals surface area contributed by atoms with E-state index in [1.165, 1.54) is 6.42 Å². The van der Waals surface area contributed by atoms with Crippen molar-refractivity contribution in [3.8, 4) is 0 Å². The number of rotatable bonds is 4. The molecule has 0 bridgehead atoms. The molecule has 0 aromatic rings. The molecule has 0 aromatic carbocycles. The molecular formula is C12H20O2. The lowest BCUT2D eigenvalue weighted by atomic mass is 9.71. The van der Waals surface area contributed by atoms with Gasteiger partial charge in [0.25, 0.3) is 0 Å². The molecule has 2 nitrogen and oxygen atoms in total. The highest BCUT2D eigenvalue weighted by molar-refractivity contribution is 6.01. The summed E-state index contributed by atoms with van der Waals surface area (Å²) in [6, 6.07) is 0. The summed E-state index contributed by atoms with van der Waals surface area (Å²) in [5, 5.41) is 0. The van der Waals surface area contributed by atoms with Gasteiger partial charge in [0.05, 0.1) is 6.42 Å². The van der Waals surface area contributed by atoms with Crippen LogP contribution < -0.4 is 0 Å². The molecule has 0 aromatic heterocycles. The van der Waals surface area contributed by atoms with Gasteiger partial charge in [-0.05, 0) is 12.8 Å². The summed E-state index contributed by atoms with van der Waals surface area (Å²) in [5.74, 6) is 0.255. The van der Waals surface area contributed by atoms with Crippen molar-refractivity contribution in [2.45, 2.75) is 58.8 Å². The van der Waals surface area contributed by atoms with E-state index in [0.29, 0.717) is 6.42 Å². The van der Waals surface area contributed by atoms with E-state index >= 15 is 0 Å². The highest BCUT2D eigenvalue weighted by Crippen LogP contribution is 2.37. The molecule has 0 heterocycles. The fourth-order valence-electron chi connectivity index (χ4n) is 2.13. The topological polar surface area (TPSA) is 34.1 Å². The van der Waals surface area contributed by atoms with Crippen molar-refractivity contribution in [3.05, 3.63) is 0 Å². The van der Waals surface area contributed by atoms with Crippen molar-refractivity contribution in [2.24, 2.45) is 5.41 Å². The third kappa shape index (κ3) is 2.66. The second-order valence-electron chi connectivity index (χ2n) is 4.61. The van der Waals surface area contributed by atoms with E-state index in [2.05, 4.69) is 0 Å². The zero-order chi connectivity index (χ0) is 10.6. The Kier molecular flexibility index (Phi) is 3.85. The van der Waals surface area contributed by atoms with Crippen LogP contribution in [0, 0.1) is 5.41 Å². The van der Waals surface area contributed by atoms with Crippen molar-refractivity contribution >= 4 is 11.6 Å². The van der Waals surface area contributed by atoms with E-state index < -0.39 is 0 Å². The molecule has 1 aliphatic carbocycles. The maximum atomic E-state index is 11.9. The average molecular weight is 196 g/mol. The van der Waals surface area contributed by atoms with Crippen LogP contribution in [0.4, 0.5) is 0 Å². The Hall–Kier alpha value is -0.660. The van der Waals surface area contributed by atoms with Crippen LogP contribution in [0.3, 0.4) is 0 Å². The van der Waals surface area contributed by atoms with Crippen molar-refractivity contribution in [3.63, 3.8) is 0 Å². The molecule has 0 N–H and O–H groups in total. The lowest BCUT2D eigenvalue weighted by Gasteiger charge is -2.31. The molecule has 0 unspecified atom stereocenters. The number of hydrogen-bond donors (Lipinski definition) is 0. The van der Waals surface area contributed by atoms with E-state index in [-0.39, 0.29) is 23.4 Å². The fourth-order valence-corrected chi connectivity index (χ4v) is 2.13. The van der Waals surface area contributed by atoms with Gasteiger partial charge in [-0.3, -0.25) is 9.59 Å². The molecule has 1 rings (SSSR count). The smallest absolute Gasteiger partial charge is 0.146 e. The van der Waals surface area contributed by atoms with E-state index in [4.69, 9.17) is 0 Å². The Bertz CT molecular complexity index is 224. The summed E-state index contributed by atoms with van der Waals surface area (Å²) in [7, 11) is 0. The van der Waals surface area contributed by atoms with Crippen molar-refractivity contribution in [1.82, 2.24) is 0 Å². The number of carbonyl (C=O) groups is 2. The van der Waals surface area contributed by atoms with Gasteiger partial charge in [0.15, 0.2) is 0 Å². The molecular weight excluding hydrogens is 176 g/mol. The van der Waals surface area contributed by atoms with Crippen LogP contribution in [0.15, 0.2) is 0 Å². The third-order valence-corrected chi connectivity index (χ3v) is 3.38. The first-order valence-corrected chi connectivity index (χ1v) is 5.63. The minimum absolute atomic E-state index is 0.0850. The summed E-state index contributed by atoms with van der Waals surface area (Å²) in [4.78, 5) is 23.1. The van der Waals surface area contributed by atoms with Crippen LogP contribution in [-0.4, -0.2) is 11.6 Å². The number of Topliss-reactive ketones (excluding diaryl/α,β-unsaturated/α-hetero) is 2. The van der Waals surface area contributed by atoms with Gasteiger partial charge < -0.3 is 0 Å². The first kappa shape index (κ1) is 11.4. The van der Waals surface area contributed by atoms with Gasteiger partial charge in [-0.15, -0.1) is 0 Å². The lowest BCUT2D eigenvalue weighted by Crippen LogP contribution is -2.31. The number of ketones is 2. The Morgan fingerprint density at radius 2 is 1.71 bits per heavy atom. The summed E-state index contributed by atoms with van der Waals surface area (Å²) in [5.41, 5.74) is -0.191. The summed E-state index contributed by atoms with van der Waals surface area (Å²) < 4.78 is 0. The van der Waals surface area contributed by atoms with Gasteiger partial charge in [-0.25, -0.2) is 0 Å². The Labute approximate surface area is 86.1 Å².